The number of carbonyl (C=O) groups excluding carboxylic acids is 1. The summed E-state index contributed by atoms with van der Waals surface area (Å²) in [7, 11) is 0. The molecular formula is C13H24N2O. The van der Waals surface area contributed by atoms with Crippen molar-refractivity contribution in [2.24, 2.45) is 11.7 Å². The summed E-state index contributed by atoms with van der Waals surface area (Å²) in [4.78, 5) is 14.5. The molecule has 92 valence electrons. The molecule has 1 saturated carbocycles. The van der Waals surface area contributed by atoms with Gasteiger partial charge < -0.3 is 10.6 Å². The minimum Gasteiger partial charge on any atom is -0.339 e. The fraction of sp³-hybridized carbons (Fsp3) is 0.923. The van der Waals surface area contributed by atoms with Gasteiger partial charge in [0.2, 0.25) is 5.91 Å². The van der Waals surface area contributed by atoms with E-state index >= 15 is 0 Å². The largest absolute Gasteiger partial charge is 0.339 e. The third-order valence-electron chi connectivity index (χ3n) is 4.25. The number of carbonyl (C=O) groups is 1. The molecule has 2 rings (SSSR count). The topological polar surface area (TPSA) is 46.3 Å². The standard InChI is InChI=1S/C13H24N2O/c1-2-12-4-3-9-15(12)13(16)10-5-7-11(14)8-6-10/h10-12H,2-9,14H2,1H3. The molecule has 1 heterocycles. The highest BCUT2D eigenvalue weighted by Gasteiger charge is 2.33. The van der Waals surface area contributed by atoms with E-state index in [1.165, 1.54) is 12.8 Å². The van der Waals surface area contributed by atoms with Crippen LogP contribution in [0.1, 0.15) is 51.9 Å². The molecule has 0 aromatic heterocycles. The molecule has 2 fully saturated rings. The van der Waals surface area contributed by atoms with Crippen LogP contribution in [-0.4, -0.2) is 29.4 Å². The van der Waals surface area contributed by atoms with E-state index < -0.39 is 0 Å². The molecule has 1 aliphatic heterocycles. The molecule has 0 bridgehead atoms. The lowest BCUT2D eigenvalue weighted by atomic mass is 9.85. The maximum Gasteiger partial charge on any atom is 0.225 e. The zero-order valence-electron chi connectivity index (χ0n) is 10.3. The lowest BCUT2D eigenvalue weighted by Crippen LogP contribution is -2.41. The van der Waals surface area contributed by atoms with Crippen molar-refractivity contribution in [3.05, 3.63) is 0 Å². The summed E-state index contributed by atoms with van der Waals surface area (Å²) in [5.74, 6) is 0.684. The minimum atomic E-state index is 0.270. The second kappa shape index (κ2) is 5.17. The van der Waals surface area contributed by atoms with Crippen LogP contribution in [0.5, 0.6) is 0 Å². The fourth-order valence-corrected chi connectivity index (χ4v) is 3.15. The van der Waals surface area contributed by atoms with Gasteiger partial charge in [-0.2, -0.15) is 0 Å². The van der Waals surface area contributed by atoms with Crippen LogP contribution in [0.25, 0.3) is 0 Å². The van der Waals surface area contributed by atoms with Crippen LogP contribution in [0.3, 0.4) is 0 Å². The van der Waals surface area contributed by atoms with Crippen LogP contribution < -0.4 is 5.73 Å². The Balaban J connectivity index is 1.91. The summed E-state index contributed by atoms with van der Waals surface area (Å²) in [6.45, 7) is 3.17. The Labute approximate surface area is 98.4 Å². The first-order chi connectivity index (χ1) is 7.72. The van der Waals surface area contributed by atoms with Gasteiger partial charge in [-0.05, 0) is 44.9 Å². The zero-order chi connectivity index (χ0) is 11.5. The third-order valence-corrected chi connectivity index (χ3v) is 4.25. The molecule has 3 nitrogen and oxygen atoms in total. The maximum absolute atomic E-state index is 12.4. The van der Waals surface area contributed by atoms with Gasteiger partial charge in [0.05, 0.1) is 0 Å². The average molecular weight is 224 g/mol. The molecule has 1 amide bonds. The Morgan fingerprint density at radius 3 is 2.56 bits per heavy atom. The van der Waals surface area contributed by atoms with E-state index in [-0.39, 0.29) is 5.92 Å². The van der Waals surface area contributed by atoms with E-state index in [1.807, 2.05) is 0 Å². The summed E-state index contributed by atoms with van der Waals surface area (Å²) in [5.41, 5.74) is 5.88. The van der Waals surface area contributed by atoms with E-state index in [4.69, 9.17) is 5.73 Å². The average Bonchev–Trinajstić information content (AvgIpc) is 2.77. The summed E-state index contributed by atoms with van der Waals surface area (Å²) in [6, 6.07) is 0.854. The quantitative estimate of drug-likeness (QED) is 0.778. The van der Waals surface area contributed by atoms with E-state index in [0.717, 1.165) is 38.6 Å². The van der Waals surface area contributed by atoms with Crippen molar-refractivity contribution in [3.63, 3.8) is 0 Å². The smallest absolute Gasteiger partial charge is 0.225 e. The maximum atomic E-state index is 12.4. The van der Waals surface area contributed by atoms with E-state index in [1.54, 1.807) is 0 Å². The lowest BCUT2D eigenvalue weighted by molar-refractivity contribution is -0.137. The fourth-order valence-electron chi connectivity index (χ4n) is 3.15. The number of hydrogen-bond donors (Lipinski definition) is 1. The molecule has 1 aliphatic carbocycles. The molecule has 0 radical (unpaired) electrons. The van der Waals surface area contributed by atoms with Crippen LogP contribution in [0, 0.1) is 5.92 Å². The lowest BCUT2D eigenvalue weighted by Gasteiger charge is -2.31. The van der Waals surface area contributed by atoms with Gasteiger partial charge in [0.1, 0.15) is 0 Å². The summed E-state index contributed by atoms with van der Waals surface area (Å²) in [6.07, 6.45) is 7.57. The van der Waals surface area contributed by atoms with Gasteiger partial charge in [-0.25, -0.2) is 0 Å². The number of nitrogens with two attached hydrogens (primary N) is 1. The zero-order valence-corrected chi connectivity index (χ0v) is 10.3. The predicted molar refractivity (Wildman–Crippen MR) is 65.0 cm³/mol. The Morgan fingerprint density at radius 2 is 1.94 bits per heavy atom. The summed E-state index contributed by atoms with van der Waals surface area (Å²) >= 11 is 0. The molecule has 0 aromatic rings. The van der Waals surface area contributed by atoms with Crippen LogP contribution in [0.2, 0.25) is 0 Å². The number of rotatable bonds is 2. The molecular weight excluding hydrogens is 200 g/mol. The summed E-state index contributed by atoms with van der Waals surface area (Å²) < 4.78 is 0. The Bertz CT molecular complexity index is 246. The SMILES string of the molecule is CCC1CCCN1C(=O)C1CCC(N)CC1. The van der Waals surface area contributed by atoms with Crippen molar-refractivity contribution < 1.29 is 4.79 Å². The number of hydrogen-bond acceptors (Lipinski definition) is 2. The molecule has 0 aromatic carbocycles. The first-order valence-electron chi connectivity index (χ1n) is 6.78. The predicted octanol–water partition coefficient (Wildman–Crippen LogP) is 1.90. The highest BCUT2D eigenvalue weighted by atomic mass is 16.2. The molecule has 3 heteroatoms. The highest BCUT2D eigenvalue weighted by molar-refractivity contribution is 5.79. The molecule has 16 heavy (non-hydrogen) atoms. The van der Waals surface area contributed by atoms with Gasteiger partial charge in [0, 0.05) is 24.5 Å². The van der Waals surface area contributed by atoms with Crippen molar-refractivity contribution in [2.75, 3.05) is 6.54 Å². The van der Waals surface area contributed by atoms with Crippen molar-refractivity contribution in [2.45, 2.75) is 64.0 Å². The van der Waals surface area contributed by atoms with Gasteiger partial charge in [-0.15, -0.1) is 0 Å². The number of likely N-dealkylation sites (tertiary alicyclic amines) is 1. The molecule has 2 aliphatic rings. The minimum absolute atomic E-state index is 0.270. The van der Waals surface area contributed by atoms with Gasteiger partial charge in [-0.3, -0.25) is 4.79 Å². The monoisotopic (exact) mass is 224 g/mol. The summed E-state index contributed by atoms with van der Waals surface area (Å²) in [5, 5.41) is 0. The Kier molecular flexibility index (Phi) is 3.85. The third kappa shape index (κ3) is 2.40. The van der Waals surface area contributed by atoms with E-state index in [9.17, 15) is 4.79 Å². The second-order valence-corrected chi connectivity index (χ2v) is 5.35. The van der Waals surface area contributed by atoms with E-state index in [2.05, 4.69) is 11.8 Å². The van der Waals surface area contributed by atoms with Crippen LogP contribution >= 0.6 is 0 Å². The molecule has 1 atom stereocenters. The van der Waals surface area contributed by atoms with Gasteiger partial charge >= 0.3 is 0 Å². The molecule has 0 spiro atoms. The van der Waals surface area contributed by atoms with Gasteiger partial charge in [0.25, 0.3) is 0 Å². The first kappa shape index (κ1) is 11.9. The highest BCUT2D eigenvalue weighted by Crippen LogP contribution is 2.29. The van der Waals surface area contributed by atoms with Gasteiger partial charge in [0.15, 0.2) is 0 Å². The van der Waals surface area contributed by atoms with Gasteiger partial charge in [-0.1, -0.05) is 6.92 Å². The van der Waals surface area contributed by atoms with Crippen LogP contribution in [0.4, 0.5) is 0 Å². The Morgan fingerprint density at radius 1 is 1.25 bits per heavy atom. The van der Waals surface area contributed by atoms with Crippen molar-refractivity contribution in [3.8, 4) is 0 Å². The first-order valence-corrected chi connectivity index (χ1v) is 6.78. The number of amides is 1. The molecule has 1 saturated heterocycles. The number of nitrogens with zero attached hydrogens (tertiary/aromatic N) is 1. The molecule has 2 N–H and O–H groups in total. The van der Waals surface area contributed by atoms with Crippen LogP contribution in [0.15, 0.2) is 0 Å². The Hall–Kier alpha value is -0.570. The normalized spacial score (nSPS) is 35.4. The van der Waals surface area contributed by atoms with Crippen molar-refractivity contribution >= 4 is 5.91 Å². The van der Waals surface area contributed by atoms with Crippen molar-refractivity contribution in [1.82, 2.24) is 4.90 Å². The molecule has 1 unspecified atom stereocenters. The van der Waals surface area contributed by atoms with E-state index in [0.29, 0.717) is 18.0 Å². The van der Waals surface area contributed by atoms with Crippen LogP contribution in [-0.2, 0) is 4.79 Å². The second-order valence-electron chi connectivity index (χ2n) is 5.35. The van der Waals surface area contributed by atoms with Crippen molar-refractivity contribution in [1.29, 1.82) is 0 Å².